The van der Waals surface area contributed by atoms with Crippen molar-refractivity contribution in [3.8, 4) is 5.75 Å². The van der Waals surface area contributed by atoms with Crippen molar-refractivity contribution in [2.24, 2.45) is 5.92 Å². The zero-order valence-electron chi connectivity index (χ0n) is 14.6. The molecule has 8 heteroatoms. The number of carbonyl (C=O) groups excluding carboxylic acids is 2. The fraction of sp³-hybridized carbons (Fsp3) is 0.278. The molecule has 1 aromatic heterocycles. The van der Waals surface area contributed by atoms with Gasteiger partial charge in [0, 0.05) is 5.56 Å². The lowest BCUT2D eigenvalue weighted by atomic mass is 10.1. The molecule has 0 aliphatic rings. The third-order valence-corrected chi connectivity index (χ3v) is 3.55. The number of furan rings is 1. The SMILES string of the molecule is CC(C)CCOc1ccc(C(=O)NNC(=S)NC(=O)c2ccco2)cc1. The van der Waals surface area contributed by atoms with Gasteiger partial charge in [-0.25, -0.2) is 0 Å². The average Bonchev–Trinajstić information content (AvgIpc) is 3.15. The van der Waals surface area contributed by atoms with Gasteiger partial charge in [0.1, 0.15) is 5.75 Å². The van der Waals surface area contributed by atoms with Crippen LogP contribution in [-0.2, 0) is 0 Å². The molecular weight excluding hydrogens is 354 g/mol. The fourth-order valence-electron chi connectivity index (χ4n) is 1.90. The molecule has 138 valence electrons. The quantitative estimate of drug-likeness (QED) is 0.531. The molecule has 0 saturated carbocycles. The van der Waals surface area contributed by atoms with Gasteiger partial charge in [0.15, 0.2) is 10.9 Å². The van der Waals surface area contributed by atoms with Crippen molar-refractivity contribution >= 4 is 29.1 Å². The van der Waals surface area contributed by atoms with Gasteiger partial charge < -0.3 is 9.15 Å². The van der Waals surface area contributed by atoms with Crippen LogP contribution in [-0.4, -0.2) is 23.5 Å². The van der Waals surface area contributed by atoms with Gasteiger partial charge in [-0.3, -0.25) is 25.8 Å². The summed E-state index contributed by atoms with van der Waals surface area (Å²) >= 11 is 4.94. The molecule has 2 rings (SSSR count). The summed E-state index contributed by atoms with van der Waals surface area (Å²) in [5.41, 5.74) is 5.30. The number of hydrazine groups is 1. The lowest BCUT2D eigenvalue weighted by molar-refractivity contribution is 0.0927. The molecule has 0 fully saturated rings. The van der Waals surface area contributed by atoms with E-state index in [9.17, 15) is 9.59 Å². The van der Waals surface area contributed by atoms with E-state index in [0.717, 1.165) is 6.42 Å². The fourth-order valence-corrected chi connectivity index (χ4v) is 2.05. The summed E-state index contributed by atoms with van der Waals surface area (Å²) < 4.78 is 10.5. The summed E-state index contributed by atoms with van der Waals surface area (Å²) in [6.45, 7) is 4.89. The highest BCUT2D eigenvalue weighted by Gasteiger charge is 2.11. The molecule has 0 aliphatic carbocycles. The van der Waals surface area contributed by atoms with E-state index in [-0.39, 0.29) is 10.9 Å². The first-order chi connectivity index (χ1) is 12.5. The Hall–Kier alpha value is -2.87. The highest BCUT2D eigenvalue weighted by molar-refractivity contribution is 7.80. The lowest BCUT2D eigenvalue weighted by Gasteiger charge is -2.11. The average molecular weight is 375 g/mol. The highest BCUT2D eigenvalue weighted by atomic mass is 32.1. The molecule has 7 nitrogen and oxygen atoms in total. The first-order valence-corrected chi connectivity index (χ1v) is 8.54. The van der Waals surface area contributed by atoms with Crippen molar-refractivity contribution in [1.82, 2.24) is 16.2 Å². The maximum absolute atomic E-state index is 12.1. The minimum absolute atomic E-state index is 0.0478. The van der Waals surface area contributed by atoms with Crippen LogP contribution in [0.15, 0.2) is 47.1 Å². The maximum atomic E-state index is 12.1. The van der Waals surface area contributed by atoms with Crippen LogP contribution in [0.1, 0.15) is 41.2 Å². The van der Waals surface area contributed by atoms with Crippen LogP contribution >= 0.6 is 12.2 Å². The van der Waals surface area contributed by atoms with Gasteiger partial charge >= 0.3 is 0 Å². The topological polar surface area (TPSA) is 92.6 Å². The van der Waals surface area contributed by atoms with Crippen molar-refractivity contribution in [2.45, 2.75) is 20.3 Å². The lowest BCUT2D eigenvalue weighted by Crippen LogP contribution is -2.48. The van der Waals surface area contributed by atoms with E-state index in [1.54, 1.807) is 30.3 Å². The van der Waals surface area contributed by atoms with Gasteiger partial charge in [0.25, 0.3) is 11.8 Å². The molecule has 0 bridgehead atoms. The Labute approximate surface area is 157 Å². The van der Waals surface area contributed by atoms with E-state index in [1.807, 2.05) is 0 Å². The summed E-state index contributed by atoms with van der Waals surface area (Å²) in [6, 6.07) is 9.83. The number of benzene rings is 1. The Morgan fingerprint density at radius 1 is 1.12 bits per heavy atom. The van der Waals surface area contributed by atoms with E-state index in [1.165, 1.54) is 12.3 Å². The predicted molar refractivity (Wildman–Crippen MR) is 101 cm³/mol. The summed E-state index contributed by atoms with van der Waals surface area (Å²) in [4.78, 5) is 23.8. The molecule has 26 heavy (non-hydrogen) atoms. The van der Waals surface area contributed by atoms with E-state index in [4.69, 9.17) is 21.4 Å². The molecule has 0 radical (unpaired) electrons. The molecule has 0 unspecified atom stereocenters. The maximum Gasteiger partial charge on any atom is 0.293 e. The summed E-state index contributed by atoms with van der Waals surface area (Å²) in [5.74, 6) is 0.492. The van der Waals surface area contributed by atoms with Crippen molar-refractivity contribution in [2.75, 3.05) is 6.61 Å². The summed E-state index contributed by atoms with van der Waals surface area (Å²) in [6.07, 6.45) is 2.34. The van der Waals surface area contributed by atoms with Crippen molar-refractivity contribution in [3.63, 3.8) is 0 Å². The highest BCUT2D eigenvalue weighted by Crippen LogP contribution is 2.13. The Morgan fingerprint density at radius 3 is 2.46 bits per heavy atom. The zero-order chi connectivity index (χ0) is 18.9. The van der Waals surface area contributed by atoms with Crippen LogP contribution in [0.5, 0.6) is 5.75 Å². The van der Waals surface area contributed by atoms with Crippen LogP contribution in [0.25, 0.3) is 0 Å². The monoisotopic (exact) mass is 375 g/mol. The minimum atomic E-state index is -0.510. The first kappa shape index (κ1) is 19.5. The Balaban J connectivity index is 1.76. The second kappa shape index (κ2) is 9.57. The van der Waals surface area contributed by atoms with Crippen LogP contribution in [0.2, 0.25) is 0 Å². The zero-order valence-corrected chi connectivity index (χ0v) is 15.4. The normalized spacial score (nSPS) is 10.3. The molecule has 0 atom stereocenters. The molecule has 1 heterocycles. The van der Waals surface area contributed by atoms with Crippen molar-refractivity contribution in [3.05, 3.63) is 54.0 Å². The third-order valence-electron chi connectivity index (χ3n) is 3.34. The number of hydrogen-bond donors (Lipinski definition) is 3. The predicted octanol–water partition coefficient (Wildman–Crippen LogP) is 2.65. The van der Waals surface area contributed by atoms with E-state index in [2.05, 4.69) is 30.0 Å². The van der Waals surface area contributed by atoms with Gasteiger partial charge in [0.2, 0.25) is 0 Å². The minimum Gasteiger partial charge on any atom is -0.494 e. The van der Waals surface area contributed by atoms with Crippen LogP contribution in [0, 0.1) is 5.92 Å². The molecule has 0 spiro atoms. The van der Waals surface area contributed by atoms with Gasteiger partial charge in [0.05, 0.1) is 12.9 Å². The molecule has 0 aliphatic heterocycles. The standard InChI is InChI=1S/C18H21N3O4S/c1-12(2)9-11-24-14-7-5-13(6-8-14)16(22)20-21-18(26)19-17(23)15-4-3-10-25-15/h3-8,10,12H,9,11H2,1-2H3,(H,20,22)(H2,19,21,23,26). The molecular formula is C18H21N3O4S. The molecule has 0 saturated heterocycles. The molecule has 2 aromatic rings. The molecule has 2 amide bonds. The van der Waals surface area contributed by atoms with Crippen molar-refractivity contribution < 1.29 is 18.7 Å². The van der Waals surface area contributed by atoms with Gasteiger partial charge in [-0.1, -0.05) is 13.8 Å². The number of carbonyl (C=O) groups is 2. The molecule has 1 aromatic carbocycles. The Kier molecular flexibility index (Phi) is 7.16. The van der Waals surface area contributed by atoms with Crippen LogP contribution in [0.3, 0.4) is 0 Å². The number of hydrogen-bond acceptors (Lipinski definition) is 5. The van der Waals surface area contributed by atoms with E-state index >= 15 is 0 Å². The van der Waals surface area contributed by atoms with Gasteiger partial charge in [-0.15, -0.1) is 0 Å². The van der Waals surface area contributed by atoms with Crippen LogP contribution in [0.4, 0.5) is 0 Å². The summed E-state index contributed by atoms with van der Waals surface area (Å²) in [7, 11) is 0. The number of thiocarbonyl (C=S) groups is 1. The first-order valence-electron chi connectivity index (χ1n) is 8.13. The Bertz CT molecular complexity index is 742. The second-order valence-corrected chi connectivity index (χ2v) is 6.30. The number of ether oxygens (including phenoxy) is 1. The third kappa shape index (κ3) is 6.21. The number of amides is 2. The largest absolute Gasteiger partial charge is 0.494 e. The van der Waals surface area contributed by atoms with E-state index in [0.29, 0.717) is 23.8 Å². The van der Waals surface area contributed by atoms with Gasteiger partial charge in [-0.05, 0) is 61.0 Å². The van der Waals surface area contributed by atoms with Crippen molar-refractivity contribution in [1.29, 1.82) is 0 Å². The van der Waals surface area contributed by atoms with E-state index < -0.39 is 11.8 Å². The Morgan fingerprint density at radius 2 is 1.85 bits per heavy atom. The second-order valence-electron chi connectivity index (χ2n) is 5.90. The number of nitrogens with one attached hydrogen (secondary N) is 3. The smallest absolute Gasteiger partial charge is 0.293 e. The summed E-state index contributed by atoms with van der Waals surface area (Å²) in [5, 5.41) is 2.34. The van der Waals surface area contributed by atoms with Crippen LogP contribution < -0.4 is 20.9 Å². The number of rotatable bonds is 6. The van der Waals surface area contributed by atoms with Gasteiger partial charge in [-0.2, -0.15) is 0 Å². The molecule has 3 N–H and O–H groups in total.